The molecule has 2 saturated heterocycles. The molecular formula is C21H26N4O3. The standard InChI is InChI=1S/C21H26N4O3/c1-27-17-6-4-5-16(11-17)18-12-22-13-19(23-18)20-14-24(9-10-28-20)15-21(26)25-7-2-3-8-25/h4-6,11-13,20H,2-3,7-10,14-15H2,1H3. The third kappa shape index (κ3) is 4.31. The van der Waals surface area contributed by atoms with Gasteiger partial charge in [-0.2, -0.15) is 0 Å². The molecule has 0 saturated carbocycles. The van der Waals surface area contributed by atoms with E-state index in [1.807, 2.05) is 29.2 Å². The van der Waals surface area contributed by atoms with Gasteiger partial charge in [-0.15, -0.1) is 0 Å². The smallest absolute Gasteiger partial charge is 0.236 e. The Labute approximate surface area is 165 Å². The summed E-state index contributed by atoms with van der Waals surface area (Å²) in [6.07, 6.45) is 5.54. The highest BCUT2D eigenvalue weighted by Gasteiger charge is 2.27. The minimum Gasteiger partial charge on any atom is -0.497 e. The summed E-state index contributed by atoms with van der Waals surface area (Å²) < 4.78 is 11.2. The molecule has 7 heteroatoms. The highest BCUT2D eigenvalue weighted by molar-refractivity contribution is 5.78. The van der Waals surface area contributed by atoms with Gasteiger partial charge in [-0.05, 0) is 25.0 Å². The summed E-state index contributed by atoms with van der Waals surface area (Å²) in [5, 5.41) is 0. The Morgan fingerprint density at radius 2 is 2.11 bits per heavy atom. The van der Waals surface area contributed by atoms with Crippen molar-refractivity contribution < 1.29 is 14.3 Å². The van der Waals surface area contributed by atoms with Gasteiger partial charge in [0.2, 0.25) is 5.91 Å². The van der Waals surface area contributed by atoms with E-state index in [2.05, 4.69) is 9.88 Å². The van der Waals surface area contributed by atoms with E-state index in [9.17, 15) is 4.79 Å². The molecule has 1 aromatic carbocycles. The average Bonchev–Trinajstić information content (AvgIpc) is 3.29. The van der Waals surface area contributed by atoms with Crippen molar-refractivity contribution in [3.05, 3.63) is 42.4 Å². The molecule has 1 unspecified atom stereocenters. The van der Waals surface area contributed by atoms with Crippen LogP contribution in [0.25, 0.3) is 11.3 Å². The highest BCUT2D eigenvalue weighted by atomic mass is 16.5. The molecule has 28 heavy (non-hydrogen) atoms. The summed E-state index contributed by atoms with van der Waals surface area (Å²) in [5.41, 5.74) is 2.52. The number of hydrogen-bond acceptors (Lipinski definition) is 6. The number of carbonyl (C=O) groups excluding carboxylic acids is 1. The summed E-state index contributed by atoms with van der Waals surface area (Å²) in [6, 6.07) is 7.77. The number of methoxy groups -OCH3 is 1. The molecule has 2 aliphatic rings. The maximum absolute atomic E-state index is 12.5. The molecular weight excluding hydrogens is 356 g/mol. The van der Waals surface area contributed by atoms with E-state index in [4.69, 9.17) is 14.5 Å². The minimum atomic E-state index is -0.182. The molecule has 2 aliphatic heterocycles. The third-order valence-corrected chi connectivity index (χ3v) is 5.32. The SMILES string of the molecule is COc1cccc(-c2cncc(C3CN(CC(=O)N4CCCC4)CCO3)n2)c1. The first-order valence-corrected chi connectivity index (χ1v) is 9.81. The van der Waals surface area contributed by atoms with Crippen LogP contribution in [0, 0.1) is 0 Å². The monoisotopic (exact) mass is 382 g/mol. The van der Waals surface area contributed by atoms with E-state index in [-0.39, 0.29) is 12.0 Å². The lowest BCUT2D eigenvalue weighted by Crippen LogP contribution is -2.45. The Hall–Kier alpha value is -2.51. The number of hydrogen-bond donors (Lipinski definition) is 0. The highest BCUT2D eigenvalue weighted by Crippen LogP contribution is 2.25. The van der Waals surface area contributed by atoms with Gasteiger partial charge in [-0.1, -0.05) is 12.1 Å². The van der Waals surface area contributed by atoms with E-state index < -0.39 is 0 Å². The number of morpholine rings is 1. The van der Waals surface area contributed by atoms with Crippen LogP contribution in [0.4, 0.5) is 0 Å². The zero-order valence-corrected chi connectivity index (χ0v) is 16.2. The molecule has 148 valence electrons. The number of rotatable bonds is 5. The number of nitrogens with zero attached hydrogens (tertiary/aromatic N) is 4. The van der Waals surface area contributed by atoms with Gasteiger partial charge in [-0.25, -0.2) is 4.98 Å². The molecule has 1 amide bonds. The molecule has 1 atom stereocenters. The first kappa shape index (κ1) is 18.8. The first-order chi connectivity index (χ1) is 13.7. The predicted octanol–water partition coefficient (Wildman–Crippen LogP) is 2.15. The maximum atomic E-state index is 12.5. The Morgan fingerprint density at radius 3 is 2.93 bits per heavy atom. The van der Waals surface area contributed by atoms with Gasteiger partial charge < -0.3 is 14.4 Å². The van der Waals surface area contributed by atoms with Gasteiger partial charge in [-0.3, -0.25) is 14.7 Å². The van der Waals surface area contributed by atoms with Crippen LogP contribution in [0.5, 0.6) is 5.75 Å². The van der Waals surface area contributed by atoms with Crippen molar-refractivity contribution in [1.29, 1.82) is 0 Å². The lowest BCUT2D eigenvalue weighted by atomic mass is 10.1. The van der Waals surface area contributed by atoms with E-state index >= 15 is 0 Å². The van der Waals surface area contributed by atoms with Crippen LogP contribution in [0.2, 0.25) is 0 Å². The second-order valence-electron chi connectivity index (χ2n) is 7.24. The Balaban J connectivity index is 1.45. The second kappa shape index (κ2) is 8.67. The normalized spacial score (nSPS) is 20.3. The molecule has 0 aliphatic carbocycles. The second-order valence-corrected chi connectivity index (χ2v) is 7.24. The number of ether oxygens (including phenoxy) is 2. The zero-order chi connectivity index (χ0) is 19.3. The molecule has 2 aromatic rings. The predicted molar refractivity (Wildman–Crippen MR) is 105 cm³/mol. The third-order valence-electron chi connectivity index (χ3n) is 5.32. The summed E-state index contributed by atoms with van der Waals surface area (Å²) in [6.45, 7) is 4.22. The number of likely N-dealkylation sites (tertiary alicyclic amines) is 1. The van der Waals surface area contributed by atoms with Gasteiger partial charge in [0.25, 0.3) is 0 Å². The van der Waals surface area contributed by atoms with Crippen LogP contribution in [0.3, 0.4) is 0 Å². The van der Waals surface area contributed by atoms with E-state index in [1.54, 1.807) is 19.5 Å². The molecule has 0 spiro atoms. The van der Waals surface area contributed by atoms with Gasteiger partial charge in [0.1, 0.15) is 11.9 Å². The lowest BCUT2D eigenvalue weighted by molar-refractivity contribution is -0.133. The summed E-state index contributed by atoms with van der Waals surface area (Å²) >= 11 is 0. The van der Waals surface area contributed by atoms with Gasteiger partial charge in [0.05, 0.1) is 44.0 Å². The molecule has 4 rings (SSSR count). The number of amides is 1. The minimum absolute atomic E-state index is 0.182. The van der Waals surface area contributed by atoms with Crippen molar-refractivity contribution >= 4 is 5.91 Å². The van der Waals surface area contributed by atoms with Crippen LogP contribution in [0.15, 0.2) is 36.7 Å². The van der Waals surface area contributed by atoms with E-state index in [0.29, 0.717) is 19.7 Å². The Bertz CT molecular complexity index is 823. The van der Waals surface area contributed by atoms with Crippen molar-refractivity contribution in [2.45, 2.75) is 18.9 Å². The molecule has 7 nitrogen and oxygen atoms in total. The van der Waals surface area contributed by atoms with Gasteiger partial charge in [0, 0.05) is 31.7 Å². The number of benzene rings is 1. The van der Waals surface area contributed by atoms with Gasteiger partial charge >= 0.3 is 0 Å². The van der Waals surface area contributed by atoms with E-state index in [0.717, 1.165) is 55.2 Å². The zero-order valence-electron chi connectivity index (χ0n) is 16.2. The molecule has 0 radical (unpaired) electrons. The molecule has 0 N–H and O–H groups in total. The fraction of sp³-hybridized carbons (Fsp3) is 0.476. The van der Waals surface area contributed by atoms with Crippen LogP contribution in [-0.2, 0) is 9.53 Å². The van der Waals surface area contributed by atoms with E-state index in [1.165, 1.54) is 0 Å². The van der Waals surface area contributed by atoms with Crippen LogP contribution >= 0.6 is 0 Å². The van der Waals surface area contributed by atoms with Gasteiger partial charge in [0.15, 0.2) is 0 Å². The van der Waals surface area contributed by atoms with Crippen molar-refractivity contribution in [3.8, 4) is 17.0 Å². The largest absolute Gasteiger partial charge is 0.497 e. The fourth-order valence-corrected chi connectivity index (χ4v) is 3.74. The number of aromatic nitrogens is 2. The lowest BCUT2D eigenvalue weighted by Gasteiger charge is -2.33. The molecule has 1 aromatic heterocycles. The van der Waals surface area contributed by atoms with Crippen LogP contribution < -0.4 is 4.74 Å². The average molecular weight is 382 g/mol. The van der Waals surface area contributed by atoms with Crippen molar-refractivity contribution in [2.75, 3.05) is 46.4 Å². The topological polar surface area (TPSA) is 67.8 Å². The summed E-state index contributed by atoms with van der Waals surface area (Å²) in [7, 11) is 1.65. The van der Waals surface area contributed by atoms with Crippen molar-refractivity contribution in [3.63, 3.8) is 0 Å². The molecule has 2 fully saturated rings. The van der Waals surface area contributed by atoms with Crippen molar-refractivity contribution in [2.24, 2.45) is 0 Å². The summed E-state index contributed by atoms with van der Waals surface area (Å²) in [4.78, 5) is 25.7. The Morgan fingerprint density at radius 1 is 1.25 bits per heavy atom. The summed E-state index contributed by atoms with van der Waals surface area (Å²) in [5.74, 6) is 1.000. The maximum Gasteiger partial charge on any atom is 0.236 e. The quantitative estimate of drug-likeness (QED) is 0.789. The van der Waals surface area contributed by atoms with Crippen molar-refractivity contribution in [1.82, 2.24) is 19.8 Å². The molecule has 0 bridgehead atoms. The first-order valence-electron chi connectivity index (χ1n) is 9.81. The Kier molecular flexibility index (Phi) is 5.83. The van der Waals surface area contributed by atoms with Crippen LogP contribution in [-0.4, -0.2) is 72.1 Å². The molecule has 3 heterocycles. The number of carbonyl (C=O) groups is 1. The van der Waals surface area contributed by atoms with Crippen LogP contribution in [0.1, 0.15) is 24.6 Å². The fourth-order valence-electron chi connectivity index (χ4n) is 3.74.